The molecule has 0 saturated carbocycles. The molecule has 6 nitrogen and oxygen atoms in total. The minimum Gasteiger partial charge on any atom is -0.481 e. The molecule has 0 bridgehead atoms. The van der Waals surface area contributed by atoms with Gasteiger partial charge in [-0.1, -0.05) is 72.8 Å². The van der Waals surface area contributed by atoms with Crippen molar-refractivity contribution in [3.63, 3.8) is 0 Å². The molecule has 0 aliphatic carbocycles. The van der Waals surface area contributed by atoms with E-state index in [4.69, 9.17) is 0 Å². The van der Waals surface area contributed by atoms with E-state index in [9.17, 15) is 19.5 Å². The number of rotatable bonds is 12. The zero-order valence-electron chi connectivity index (χ0n) is 22.0. The standard InChI is InChI=1S/C32H32N2O4S/c1-2-33(23-24-11-4-3-5-12-24)31(37)28-16-8-6-14-26(28)27-15-7-9-17-29(27)32(38)34(21-19-30(35)36)20-18-25-13-10-22-39-25/h3-17,22H,2,18-21,23H2,1H3,(H,35,36). The SMILES string of the molecule is CCN(Cc1ccccc1)C(=O)c1ccccc1-c1ccccc1C(=O)N(CCC(=O)O)CCc1cccs1. The van der Waals surface area contributed by atoms with Crippen molar-refractivity contribution in [1.29, 1.82) is 0 Å². The second-order valence-corrected chi connectivity index (χ2v) is 10.2. The predicted molar refractivity (Wildman–Crippen MR) is 155 cm³/mol. The third-order valence-electron chi connectivity index (χ3n) is 6.58. The largest absolute Gasteiger partial charge is 0.481 e. The highest BCUT2D eigenvalue weighted by Crippen LogP contribution is 2.29. The monoisotopic (exact) mass is 540 g/mol. The molecule has 0 spiro atoms. The molecule has 0 radical (unpaired) electrons. The first-order valence-electron chi connectivity index (χ1n) is 13.0. The number of thiophene rings is 1. The van der Waals surface area contributed by atoms with Gasteiger partial charge in [-0.2, -0.15) is 0 Å². The van der Waals surface area contributed by atoms with Crippen LogP contribution in [-0.2, 0) is 17.8 Å². The molecule has 1 aromatic heterocycles. The molecule has 3 aromatic carbocycles. The van der Waals surface area contributed by atoms with E-state index in [2.05, 4.69) is 0 Å². The quantitative estimate of drug-likeness (QED) is 0.231. The van der Waals surface area contributed by atoms with Crippen LogP contribution in [0.15, 0.2) is 96.4 Å². The zero-order valence-corrected chi connectivity index (χ0v) is 22.8. The van der Waals surface area contributed by atoms with Crippen LogP contribution in [0, 0.1) is 0 Å². The minimum absolute atomic E-state index is 0.106. The van der Waals surface area contributed by atoms with E-state index in [1.54, 1.807) is 39.3 Å². The molecule has 1 N–H and O–H groups in total. The average molecular weight is 541 g/mol. The van der Waals surface area contributed by atoms with Gasteiger partial charge in [0.15, 0.2) is 0 Å². The Balaban J connectivity index is 1.66. The molecule has 39 heavy (non-hydrogen) atoms. The maximum Gasteiger partial charge on any atom is 0.305 e. The molecule has 2 amide bonds. The lowest BCUT2D eigenvalue weighted by molar-refractivity contribution is -0.137. The van der Waals surface area contributed by atoms with Crippen molar-refractivity contribution in [3.05, 3.63) is 118 Å². The number of hydrogen-bond donors (Lipinski definition) is 1. The fraction of sp³-hybridized carbons (Fsp3) is 0.219. The summed E-state index contributed by atoms with van der Waals surface area (Å²) in [5, 5.41) is 11.3. The molecule has 4 aromatic rings. The molecule has 0 saturated heterocycles. The highest BCUT2D eigenvalue weighted by molar-refractivity contribution is 7.09. The first-order valence-corrected chi connectivity index (χ1v) is 13.9. The zero-order chi connectivity index (χ0) is 27.6. The van der Waals surface area contributed by atoms with E-state index >= 15 is 0 Å². The molecule has 7 heteroatoms. The van der Waals surface area contributed by atoms with E-state index in [0.717, 1.165) is 10.4 Å². The summed E-state index contributed by atoms with van der Waals surface area (Å²) in [6.45, 7) is 3.48. The van der Waals surface area contributed by atoms with E-state index in [1.165, 1.54) is 0 Å². The summed E-state index contributed by atoms with van der Waals surface area (Å²) >= 11 is 1.61. The first-order chi connectivity index (χ1) is 19.0. The summed E-state index contributed by atoms with van der Waals surface area (Å²) in [7, 11) is 0. The first kappa shape index (κ1) is 27.8. The lowest BCUT2D eigenvalue weighted by atomic mass is 9.94. The highest BCUT2D eigenvalue weighted by atomic mass is 32.1. The van der Waals surface area contributed by atoms with Gasteiger partial charge in [0.05, 0.1) is 6.42 Å². The third-order valence-corrected chi connectivity index (χ3v) is 7.52. The molecular formula is C32H32N2O4S. The van der Waals surface area contributed by atoms with Gasteiger partial charge in [0.25, 0.3) is 11.8 Å². The number of hydrogen-bond acceptors (Lipinski definition) is 4. The second-order valence-electron chi connectivity index (χ2n) is 9.16. The Morgan fingerprint density at radius 3 is 1.87 bits per heavy atom. The van der Waals surface area contributed by atoms with Crippen molar-refractivity contribution in [2.45, 2.75) is 26.3 Å². The molecule has 0 atom stereocenters. The van der Waals surface area contributed by atoms with E-state index in [-0.39, 0.29) is 24.8 Å². The lowest BCUT2D eigenvalue weighted by Crippen LogP contribution is -2.35. The van der Waals surface area contributed by atoms with Crippen molar-refractivity contribution in [2.24, 2.45) is 0 Å². The number of carboxylic acid groups (broad SMARTS) is 1. The maximum absolute atomic E-state index is 13.9. The van der Waals surface area contributed by atoms with Crippen molar-refractivity contribution in [3.8, 4) is 11.1 Å². The van der Waals surface area contributed by atoms with Gasteiger partial charge in [-0.15, -0.1) is 11.3 Å². The molecule has 0 aliphatic heterocycles. The second kappa shape index (κ2) is 13.5. The minimum atomic E-state index is -0.953. The number of aliphatic carboxylic acids is 1. The van der Waals surface area contributed by atoms with Crippen molar-refractivity contribution in [1.82, 2.24) is 9.80 Å². The molecule has 4 rings (SSSR count). The van der Waals surface area contributed by atoms with Gasteiger partial charge in [0.1, 0.15) is 0 Å². The average Bonchev–Trinajstić information content (AvgIpc) is 3.49. The predicted octanol–water partition coefficient (Wildman–Crippen LogP) is 6.24. The molecule has 0 unspecified atom stereocenters. The fourth-order valence-corrected chi connectivity index (χ4v) is 5.22. The maximum atomic E-state index is 13.9. The number of benzene rings is 3. The Morgan fingerprint density at radius 2 is 1.31 bits per heavy atom. The van der Waals surface area contributed by atoms with Crippen molar-refractivity contribution >= 4 is 29.1 Å². The van der Waals surface area contributed by atoms with Gasteiger partial charge in [-0.25, -0.2) is 0 Å². The highest BCUT2D eigenvalue weighted by Gasteiger charge is 2.24. The van der Waals surface area contributed by atoms with Gasteiger partial charge in [-0.05, 0) is 53.6 Å². The van der Waals surface area contributed by atoms with E-state index in [0.29, 0.717) is 48.3 Å². The van der Waals surface area contributed by atoms with Crippen LogP contribution in [0.1, 0.15) is 44.5 Å². The smallest absolute Gasteiger partial charge is 0.305 e. The Hall–Kier alpha value is -4.23. The number of carboxylic acids is 1. The molecule has 0 fully saturated rings. The topological polar surface area (TPSA) is 77.9 Å². The Labute approximate surface area is 233 Å². The van der Waals surface area contributed by atoms with Crippen LogP contribution in [0.4, 0.5) is 0 Å². The number of carbonyl (C=O) groups is 3. The lowest BCUT2D eigenvalue weighted by Gasteiger charge is -2.25. The summed E-state index contributed by atoms with van der Waals surface area (Å²) in [5.41, 5.74) is 3.33. The van der Waals surface area contributed by atoms with Crippen LogP contribution < -0.4 is 0 Å². The number of carbonyl (C=O) groups excluding carboxylic acids is 2. The van der Waals surface area contributed by atoms with Crippen LogP contribution in [-0.4, -0.2) is 52.3 Å². The fourth-order valence-electron chi connectivity index (χ4n) is 4.53. The van der Waals surface area contributed by atoms with Crippen LogP contribution in [0.5, 0.6) is 0 Å². The Kier molecular flexibility index (Phi) is 9.64. The Morgan fingerprint density at radius 1 is 0.718 bits per heavy atom. The summed E-state index contributed by atoms with van der Waals surface area (Å²) in [4.78, 5) is 43.5. The van der Waals surface area contributed by atoms with E-state index < -0.39 is 5.97 Å². The summed E-state index contributed by atoms with van der Waals surface area (Å²) < 4.78 is 0. The van der Waals surface area contributed by atoms with Gasteiger partial charge >= 0.3 is 5.97 Å². The van der Waals surface area contributed by atoms with Crippen LogP contribution in [0.25, 0.3) is 11.1 Å². The van der Waals surface area contributed by atoms with Crippen molar-refractivity contribution in [2.75, 3.05) is 19.6 Å². The summed E-state index contributed by atoms with van der Waals surface area (Å²) in [6.07, 6.45) is 0.504. The molecule has 0 aliphatic rings. The van der Waals surface area contributed by atoms with Gasteiger partial charge in [0.2, 0.25) is 0 Å². The van der Waals surface area contributed by atoms with Crippen LogP contribution in [0.2, 0.25) is 0 Å². The van der Waals surface area contributed by atoms with Crippen molar-refractivity contribution < 1.29 is 19.5 Å². The number of amides is 2. The van der Waals surface area contributed by atoms with Crippen LogP contribution in [0.3, 0.4) is 0 Å². The van der Waals surface area contributed by atoms with E-state index in [1.807, 2.05) is 85.1 Å². The normalized spacial score (nSPS) is 10.7. The Bertz CT molecular complexity index is 1400. The molecule has 200 valence electrons. The number of nitrogens with zero attached hydrogens (tertiary/aromatic N) is 2. The third kappa shape index (κ3) is 7.21. The van der Waals surface area contributed by atoms with Gasteiger partial charge in [0, 0.05) is 42.2 Å². The molecule has 1 heterocycles. The van der Waals surface area contributed by atoms with Gasteiger partial charge in [-0.3, -0.25) is 14.4 Å². The summed E-state index contributed by atoms with van der Waals surface area (Å²) in [6, 6.07) is 28.4. The van der Waals surface area contributed by atoms with Crippen LogP contribution >= 0.6 is 11.3 Å². The van der Waals surface area contributed by atoms with Gasteiger partial charge < -0.3 is 14.9 Å². The summed E-state index contributed by atoms with van der Waals surface area (Å²) in [5.74, 6) is -1.31. The molecular weight excluding hydrogens is 508 g/mol.